The minimum atomic E-state index is -1.80. The lowest BCUT2D eigenvalue weighted by Crippen LogP contribution is -2.31. The summed E-state index contributed by atoms with van der Waals surface area (Å²) in [5, 5.41) is 60.6. The van der Waals surface area contributed by atoms with Crippen LogP contribution in [0.3, 0.4) is 0 Å². The van der Waals surface area contributed by atoms with Gasteiger partial charge < -0.3 is 28.7 Å². The molecular weight excluding hydrogens is 1860 g/mol. The zero-order valence-electron chi connectivity index (χ0n) is 67.1. The maximum absolute atomic E-state index is 11.6. The lowest BCUT2D eigenvalue weighted by molar-refractivity contribution is -0.384. The number of para-hydroxylation sites is 6. The summed E-state index contributed by atoms with van der Waals surface area (Å²) in [5.74, 6) is 0. The first kappa shape index (κ1) is 83.4. The fourth-order valence-corrected chi connectivity index (χ4v) is 19.7. The van der Waals surface area contributed by atoms with Crippen molar-refractivity contribution in [1.82, 2.24) is 18.7 Å². The van der Waals surface area contributed by atoms with E-state index in [-0.39, 0.29) is 21.8 Å². The van der Waals surface area contributed by atoms with Gasteiger partial charge in [-0.05, 0) is 175 Å². The van der Waals surface area contributed by atoms with E-state index in [0.29, 0.717) is 10.6 Å². The normalized spacial score (nSPS) is 11.4. The lowest BCUT2D eigenvalue weighted by Gasteiger charge is -2.12. The lowest BCUT2D eigenvalue weighted by atomic mass is 9.79. The van der Waals surface area contributed by atoms with E-state index in [0.717, 1.165) is 145 Å². The molecule has 19 aromatic carbocycles. The van der Waals surface area contributed by atoms with Gasteiger partial charge in [-0.1, -0.05) is 345 Å². The number of nitro groups is 2. The second-order valence-electron chi connectivity index (χ2n) is 30.5. The Labute approximate surface area is 773 Å². The zero-order chi connectivity index (χ0) is 87.3. The van der Waals surface area contributed by atoms with Crippen molar-refractivity contribution in [3.8, 4) is 39.3 Å². The molecule has 0 fully saturated rings. The summed E-state index contributed by atoms with van der Waals surface area (Å²) in [6.45, 7) is 0. The molecule has 0 unspecified atom stereocenters. The van der Waals surface area contributed by atoms with Gasteiger partial charge in [-0.15, -0.1) is 0 Å². The van der Waals surface area contributed by atoms with Gasteiger partial charge >= 0.3 is 7.12 Å². The van der Waals surface area contributed by atoms with E-state index in [1.165, 1.54) is 95.8 Å². The number of hydrogen-bond acceptors (Lipinski definition) is 6. The molecule has 20 heteroatoms. The summed E-state index contributed by atoms with van der Waals surface area (Å²) >= 11 is 37.3. The van der Waals surface area contributed by atoms with Crippen molar-refractivity contribution in [3.63, 3.8) is 0 Å². The summed E-state index contributed by atoms with van der Waals surface area (Å²) in [5.41, 5.74) is 18.7. The van der Waals surface area contributed by atoms with E-state index in [2.05, 4.69) is 285 Å². The summed E-state index contributed by atoms with van der Waals surface area (Å²) < 4.78 is 9.90. The molecule has 12 nitrogen and oxygen atoms in total. The predicted octanol–water partition coefficient (Wildman–Crippen LogP) is 31.3. The molecule has 4 aromatic heterocycles. The highest BCUT2D eigenvalue weighted by Crippen LogP contribution is 2.46. The van der Waals surface area contributed by atoms with Crippen LogP contribution in [0.4, 0.5) is 11.4 Å². The van der Waals surface area contributed by atoms with Crippen LogP contribution in [0.1, 0.15) is 11.1 Å². The number of benzene rings is 19. The number of nitrogens with zero attached hydrogens (tertiary/aromatic N) is 5. The molecule has 24 rings (SSSR count). The van der Waals surface area contributed by atoms with E-state index in [1.54, 1.807) is 12.1 Å². The third-order valence-corrected chi connectivity index (χ3v) is 26.7. The van der Waals surface area contributed by atoms with Gasteiger partial charge in [-0.2, -0.15) is 0 Å². The Hall–Kier alpha value is -13.2. The summed E-state index contributed by atoms with van der Waals surface area (Å²) in [6, 6.07) is 127. The predicted molar refractivity (Wildman–Crippen MR) is 541 cm³/mol. The average Bonchev–Trinajstić information content (AvgIpc) is 1.55. The maximum Gasteiger partial charge on any atom is 0.495 e. The van der Waals surface area contributed by atoms with E-state index in [1.807, 2.05) is 121 Å². The van der Waals surface area contributed by atoms with Crippen LogP contribution >= 0.6 is 94.2 Å². The molecular formula is C107H68BBr3Cl4N6O6. The Bertz CT molecular complexity index is 8340. The summed E-state index contributed by atoms with van der Waals surface area (Å²) in [4.78, 5) is 24.6. The van der Waals surface area contributed by atoms with Crippen LogP contribution in [0.2, 0.25) is 20.1 Å². The number of aromatic amines is 1. The third kappa shape index (κ3) is 15.8. The van der Waals surface area contributed by atoms with Crippen molar-refractivity contribution >= 4 is 248 Å². The number of halogens is 7. The van der Waals surface area contributed by atoms with Gasteiger partial charge in [0.1, 0.15) is 0 Å². The van der Waals surface area contributed by atoms with Crippen LogP contribution in [0.5, 0.6) is 0 Å². The SMILES string of the molecule is Brc1ccc2c(c1)-c1ccccc1C2.Clc1c(-n2c3ccccc3c3c4[nH]c5ccccc5c4ccc32)ccc2ccccc12.Clc1c(-n2c3ccccc3c3cc(Br)ccc32)ccc2ccccc12.Clc1c(Br)ccc2ccccc12.O=[N+]([O-])c1ccccc1-c1ccc2c(c1)c1ccccc1n2-c1ccc2ccccc2c1Cl.O=[N+]([O-])c1ccccc1B(O)O. The quantitative estimate of drug-likeness (QED) is 0.0819. The van der Waals surface area contributed by atoms with Crippen LogP contribution in [0.15, 0.2) is 396 Å². The minimum absolute atomic E-state index is 0.0949. The van der Waals surface area contributed by atoms with Crippen molar-refractivity contribution < 1.29 is 19.9 Å². The van der Waals surface area contributed by atoms with Crippen LogP contribution in [-0.4, -0.2) is 45.7 Å². The monoisotopic (exact) mass is 1920 g/mol. The first-order valence-electron chi connectivity index (χ1n) is 40.6. The smallest absolute Gasteiger partial charge is 0.423 e. The molecule has 0 saturated heterocycles. The highest BCUT2D eigenvalue weighted by Gasteiger charge is 2.26. The van der Waals surface area contributed by atoms with Gasteiger partial charge in [-0.25, -0.2) is 0 Å². The van der Waals surface area contributed by atoms with Gasteiger partial charge in [0.25, 0.3) is 11.4 Å². The molecule has 0 amide bonds. The van der Waals surface area contributed by atoms with Gasteiger partial charge in [-0.3, -0.25) is 20.2 Å². The maximum atomic E-state index is 11.6. The topological polar surface area (TPSA) is 157 Å². The van der Waals surface area contributed by atoms with E-state index in [4.69, 9.17) is 56.5 Å². The third-order valence-electron chi connectivity index (χ3n) is 23.3. The Morgan fingerprint density at radius 1 is 0.315 bits per heavy atom. The van der Waals surface area contributed by atoms with Gasteiger partial charge in [0.05, 0.1) is 96.6 Å². The Balaban J connectivity index is 0.000000104. The Morgan fingerprint density at radius 2 is 0.709 bits per heavy atom. The van der Waals surface area contributed by atoms with Crippen LogP contribution in [-0.2, 0) is 6.42 Å². The summed E-state index contributed by atoms with van der Waals surface area (Å²) in [6.07, 6.45) is 1.08. The zero-order valence-corrected chi connectivity index (χ0v) is 74.8. The van der Waals surface area contributed by atoms with E-state index < -0.39 is 12.0 Å². The number of H-pyrrole nitrogens is 1. The number of fused-ring (bicyclic) bond motifs is 20. The van der Waals surface area contributed by atoms with Gasteiger partial charge in [0.15, 0.2) is 0 Å². The van der Waals surface area contributed by atoms with Gasteiger partial charge in [0.2, 0.25) is 0 Å². The number of rotatable bonds is 7. The molecule has 1 aliphatic rings. The molecule has 614 valence electrons. The van der Waals surface area contributed by atoms with Crippen LogP contribution in [0, 0.1) is 20.2 Å². The van der Waals surface area contributed by atoms with Crippen molar-refractivity contribution in [3.05, 3.63) is 447 Å². The molecule has 0 bridgehead atoms. The van der Waals surface area contributed by atoms with Crippen molar-refractivity contribution in [2.24, 2.45) is 0 Å². The molecule has 3 N–H and O–H groups in total. The molecule has 4 heterocycles. The fraction of sp³-hybridized carbons (Fsp3) is 0.00935. The molecule has 0 aliphatic heterocycles. The molecule has 0 spiro atoms. The van der Waals surface area contributed by atoms with Crippen LogP contribution < -0.4 is 5.46 Å². The molecule has 23 aromatic rings. The van der Waals surface area contributed by atoms with Crippen molar-refractivity contribution in [1.29, 1.82) is 0 Å². The summed E-state index contributed by atoms with van der Waals surface area (Å²) in [7, 11) is -1.80. The largest absolute Gasteiger partial charge is 0.495 e. The first-order chi connectivity index (χ1) is 61.9. The Morgan fingerprint density at radius 3 is 1.26 bits per heavy atom. The fourth-order valence-electron chi connectivity index (χ4n) is 17.5. The second-order valence-corrected chi connectivity index (χ2v) is 34.7. The Kier molecular flexibility index (Phi) is 23.4. The molecule has 0 saturated carbocycles. The van der Waals surface area contributed by atoms with Crippen LogP contribution in [0.25, 0.3) is 170 Å². The van der Waals surface area contributed by atoms with Gasteiger partial charge in [0, 0.05) is 95.7 Å². The van der Waals surface area contributed by atoms with E-state index in [9.17, 15) is 20.2 Å². The standard InChI is InChI=1S/C28H17ClN2O2.C28H17ClN2.C22H13BrClN.C13H9Br.C10H6BrCl.C6H6BNO4/c29-28-21-9-2-1-7-18(21)13-16-27(28)30-24-11-5-4-10-22(24)23-17-19(14-15-25(23)30)20-8-3-6-12-26(20)31(32)33;29-27-18-8-2-1-7-17(18)13-15-25(27)31-23-12-6-4-10-21(23)26-24(31)16-14-20-19-9-3-5-11-22(19)30-28(20)26;23-15-10-12-20-18(13-15)17-7-3-4-8-19(17)25(20)21-11-9-14-5-1-2-6-16(14)22(21)24;14-11-6-5-10-7-9-3-1-2-4-12(9)13(10)8-11;11-9-6-5-7-3-1-2-4-8(7)10(9)12;9-7(10)5-3-1-2-4-6(5)8(11)12/h1-17H;1-16,30H;1-13H;1-6,8H,7H2;1-6H;1-4,9-10H. The molecule has 0 atom stereocenters. The first-order valence-corrected chi connectivity index (χ1v) is 44.5. The number of hydrogen-bond donors (Lipinski definition) is 3. The van der Waals surface area contributed by atoms with Crippen molar-refractivity contribution in [2.45, 2.75) is 6.42 Å². The molecule has 1 aliphatic carbocycles. The number of aromatic nitrogens is 4. The number of nitrogens with one attached hydrogen (secondary N) is 1. The van der Waals surface area contributed by atoms with Crippen molar-refractivity contribution in [2.75, 3.05) is 0 Å². The highest BCUT2D eigenvalue weighted by atomic mass is 79.9. The average molecular weight is 1930 g/mol. The second kappa shape index (κ2) is 35.7. The van der Waals surface area contributed by atoms with E-state index >= 15 is 0 Å². The molecule has 127 heavy (non-hydrogen) atoms. The minimum Gasteiger partial charge on any atom is -0.423 e. The number of nitro benzene ring substituents is 2. The highest BCUT2D eigenvalue weighted by molar-refractivity contribution is 9.11. The molecule has 0 radical (unpaired) electrons.